The molecule has 3 rings (SSSR count). The van der Waals surface area contributed by atoms with Crippen molar-refractivity contribution in [2.45, 2.75) is 6.42 Å². The van der Waals surface area contributed by atoms with E-state index in [4.69, 9.17) is 4.52 Å². The fraction of sp³-hybridized carbons (Fsp3) is 0.143. The van der Waals surface area contributed by atoms with Gasteiger partial charge in [-0.3, -0.25) is 4.79 Å². The number of hydrogen-bond donors (Lipinski definition) is 0. The van der Waals surface area contributed by atoms with Crippen molar-refractivity contribution in [3.63, 3.8) is 0 Å². The Morgan fingerprint density at radius 2 is 1.76 bits per heavy atom. The monoisotopic (exact) mass is 332 g/mol. The summed E-state index contributed by atoms with van der Waals surface area (Å²) >= 11 is 0. The van der Waals surface area contributed by atoms with Crippen molar-refractivity contribution in [1.29, 1.82) is 0 Å². The number of carbonyl (C=O) groups excluding carboxylic acids is 1. The summed E-state index contributed by atoms with van der Waals surface area (Å²) in [5, 5.41) is 4.02. The van der Waals surface area contributed by atoms with Gasteiger partial charge in [0.05, 0.1) is 0 Å². The second kappa shape index (κ2) is 8.11. The molecule has 4 nitrogen and oxygen atoms in total. The van der Waals surface area contributed by atoms with Gasteiger partial charge in [-0.05, 0) is 12.0 Å². The number of benzene rings is 2. The number of hydrogen-bond acceptors (Lipinski definition) is 3. The molecule has 0 spiro atoms. The van der Waals surface area contributed by atoms with Crippen molar-refractivity contribution in [2.24, 2.45) is 0 Å². The third-order valence-corrected chi connectivity index (χ3v) is 3.94. The summed E-state index contributed by atoms with van der Waals surface area (Å²) in [6.07, 6.45) is 2.50. The molecule has 0 saturated heterocycles. The molecule has 4 heteroatoms. The molecule has 0 atom stereocenters. The van der Waals surface area contributed by atoms with E-state index in [0.29, 0.717) is 18.8 Å². The Morgan fingerprint density at radius 1 is 1.08 bits per heavy atom. The van der Waals surface area contributed by atoms with Gasteiger partial charge in [0.25, 0.3) is 5.91 Å². The highest BCUT2D eigenvalue weighted by Gasteiger charge is 2.20. The van der Waals surface area contributed by atoms with Crippen LogP contribution in [0.5, 0.6) is 0 Å². The highest BCUT2D eigenvalue weighted by Crippen LogP contribution is 2.19. The first kappa shape index (κ1) is 16.7. The minimum atomic E-state index is -0.175. The SMILES string of the molecule is C=CCN(CCc1ccccc1)C(=O)c1cc(-c2ccccc2)no1. The average molecular weight is 332 g/mol. The molecular formula is C21H20N2O2. The van der Waals surface area contributed by atoms with E-state index in [1.54, 1.807) is 17.0 Å². The average Bonchev–Trinajstić information content (AvgIpc) is 3.16. The molecule has 1 amide bonds. The van der Waals surface area contributed by atoms with Crippen LogP contribution in [-0.4, -0.2) is 29.1 Å². The topological polar surface area (TPSA) is 46.3 Å². The first-order valence-electron chi connectivity index (χ1n) is 8.24. The zero-order chi connectivity index (χ0) is 17.5. The Bertz CT molecular complexity index is 825. The molecule has 0 aliphatic rings. The molecule has 0 radical (unpaired) electrons. The molecule has 25 heavy (non-hydrogen) atoms. The van der Waals surface area contributed by atoms with E-state index < -0.39 is 0 Å². The molecule has 0 unspecified atom stereocenters. The molecule has 0 aliphatic carbocycles. The van der Waals surface area contributed by atoms with E-state index in [-0.39, 0.29) is 11.7 Å². The molecule has 2 aromatic carbocycles. The minimum absolute atomic E-state index is 0.175. The van der Waals surface area contributed by atoms with Crippen molar-refractivity contribution < 1.29 is 9.32 Å². The van der Waals surface area contributed by atoms with Crippen LogP contribution in [0.2, 0.25) is 0 Å². The molecular weight excluding hydrogens is 312 g/mol. The van der Waals surface area contributed by atoms with Gasteiger partial charge < -0.3 is 9.42 Å². The lowest BCUT2D eigenvalue weighted by atomic mass is 10.1. The third-order valence-electron chi connectivity index (χ3n) is 3.94. The van der Waals surface area contributed by atoms with Gasteiger partial charge in [-0.25, -0.2) is 0 Å². The van der Waals surface area contributed by atoms with Crippen LogP contribution in [0.1, 0.15) is 16.1 Å². The molecule has 126 valence electrons. The number of nitrogens with zero attached hydrogens (tertiary/aromatic N) is 2. The Kier molecular flexibility index (Phi) is 5.42. The van der Waals surface area contributed by atoms with Crippen LogP contribution in [0.15, 0.2) is 83.9 Å². The summed E-state index contributed by atoms with van der Waals surface area (Å²) in [6, 6.07) is 21.4. The largest absolute Gasteiger partial charge is 0.350 e. The summed E-state index contributed by atoms with van der Waals surface area (Å²) in [7, 11) is 0. The van der Waals surface area contributed by atoms with Crippen LogP contribution in [0.3, 0.4) is 0 Å². The predicted octanol–water partition coefficient (Wildman–Crippen LogP) is 4.21. The predicted molar refractivity (Wildman–Crippen MR) is 98.2 cm³/mol. The molecule has 1 heterocycles. The third kappa shape index (κ3) is 4.23. The molecule has 0 fully saturated rings. The Hall–Kier alpha value is -3.14. The number of aromatic nitrogens is 1. The normalized spacial score (nSPS) is 10.4. The lowest BCUT2D eigenvalue weighted by molar-refractivity contribution is 0.0734. The Balaban J connectivity index is 1.72. The number of carbonyl (C=O) groups is 1. The van der Waals surface area contributed by atoms with Crippen molar-refractivity contribution in [3.05, 3.63) is 90.7 Å². The van der Waals surface area contributed by atoms with Crippen molar-refractivity contribution in [3.8, 4) is 11.3 Å². The highest BCUT2D eigenvalue weighted by atomic mass is 16.5. The van der Waals surface area contributed by atoms with Crippen LogP contribution < -0.4 is 0 Å². The number of rotatable bonds is 7. The number of amides is 1. The zero-order valence-electron chi connectivity index (χ0n) is 14.0. The maximum atomic E-state index is 12.7. The Morgan fingerprint density at radius 3 is 2.44 bits per heavy atom. The summed E-state index contributed by atoms with van der Waals surface area (Å²) in [6.45, 7) is 4.80. The highest BCUT2D eigenvalue weighted by molar-refractivity contribution is 5.92. The summed E-state index contributed by atoms with van der Waals surface area (Å²) in [4.78, 5) is 14.5. The maximum Gasteiger partial charge on any atom is 0.292 e. The van der Waals surface area contributed by atoms with E-state index in [0.717, 1.165) is 12.0 Å². The van der Waals surface area contributed by atoms with E-state index in [1.165, 1.54) is 5.56 Å². The van der Waals surface area contributed by atoms with Crippen molar-refractivity contribution in [1.82, 2.24) is 10.1 Å². The van der Waals surface area contributed by atoms with Crippen LogP contribution in [0.25, 0.3) is 11.3 Å². The second-order valence-corrected chi connectivity index (χ2v) is 5.72. The standard InChI is InChI=1S/C21H20N2O2/c1-2-14-23(15-13-17-9-5-3-6-10-17)21(24)20-16-19(22-25-20)18-11-7-4-8-12-18/h2-12,16H,1,13-15H2. The van der Waals surface area contributed by atoms with Crippen LogP contribution in [0.4, 0.5) is 0 Å². The van der Waals surface area contributed by atoms with Crippen molar-refractivity contribution >= 4 is 5.91 Å². The van der Waals surface area contributed by atoms with Gasteiger partial charge in [-0.1, -0.05) is 71.9 Å². The van der Waals surface area contributed by atoms with E-state index >= 15 is 0 Å². The lowest BCUT2D eigenvalue weighted by Gasteiger charge is -2.19. The van der Waals surface area contributed by atoms with E-state index in [2.05, 4.69) is 23.9 Å². The van der Waals surface area contributed by atoms with Gasteiger partial charge >= 0.3 is 0 Å². The fourth-order valence-corrected chi connectivity index (χ4v) is 2.62. The lowest BCUT2D eigenvalue weighted by Crippen LogP contribution is -2.32. The molecule has 0 bridgehead atoms. The molecule has 3 aromatic rings. The fourth-order valence-electron chi connectivity index (χ4n) is 2.62. The summed E-state index contributed by atoms with van der Waals surface area (Å²) in [5.41, 5.74) is 2.77. The molecule has 1 aromatic heterocycles. The van der Waals surface area contributed by atoms with E-state index in [9.17, 15) is 4.79 Å². The van der Waals surface area contributed by atoms with Gasteiger partial charge in [0, 0.05) is 24.7 Å². The van der Waals surface area contributed by atoms with Crippen molar-refractivity contribution in [2.75, 3.05) is 13.1 Å². The van der Waals surface area contributed by atoms with Gasteiger partial charge in [-0.2, -0.15) is 0 Å². The van der Waals surface area contributed by atoms with Gasteiger partial charge in [0.15, 0.2) is 0 Å². The van der Waals surface area contributed by atoms with Crippen LogP contribution in [-0.2, 0) is 6.42 Å². The van der Waals surface area contributed by atoms with Gasteiger partial charge in [0.2, 0.25) is 5.76 Å². The first-order chi connectivity index (χ1) is 12.3. The summed E-state index contributed by atoms with van der Waals surface area (Å²) < 4.78 is 5.28. The van der Waals surface area contributed by atoms with Gasteiger partial charge in [0.1, 0.15) is 5.69 Å². The zero-order valence-corrected chi connectivity index (χ0v) is 14.0. The van der Waals surface area contributed by atoms with Crippen LogP contribution in [0, 0.1) is 0 Å². The smallest absolute Gasteiger partial charge is 0.292 e. The minimum Gasteiger partial charge on any atom is -0.350 e. The molecule has 0 saturated carbocycles. The second-order valence-electron chi connectivity index (χ2n) is 5.72. The molecule has 0 aliphatic heterocycles. The van der Waals surface area contributed by atoms with Crippen LogP contribution >= 0.6 is 0 Å². The Labute approximate surface area is 147 Å². The maximum absolute atomic E-state index is 12.7. The quantitative estimate of drug-likeness (QED) is 0.609. The van der Waals surface area contributed by atoms with Gasteiger partial charge in [-0.15, -0.1) is 6.58 Å². The van der Waals surface area contributed by atoms with E-state index in [1.807, 2.05) is 48.5 Å². The summed E-state index contributed by atoms with van der Waals surface area (Å²) in [5.74, 6) is 0.0688. The first-order valence-corrected chi connectivity index (χ1v) is 8.24. The molecule has 0 N–H and O–H groups in total.